The molecule has 2 aliphatic rings. The summed E-state index contributed by atoms with van der Waals surface area (Å²) in [4.78, 5) is 4.25. The molecule has 1 aromatic heterocycles. The summed E-state index contributed by atoms with van der Waals surface area (Å²) in [6, 6.07) is 0. The fraction of sp³-hybridized carbons (Fsp3) is 0.846. The molecule has 0 bridgehead atoms. The van der Waals surface area contributed by atoms with Crippen molar-refractivity contribution in [3.8, 4) is 0 Å². The fourth-order valence-electron chi connectivity index (χ4n) is 2.66. The van der Waals surface area contributed by atoms with Crippen LogP contribution in [-0.4, -0.2) is 60.0 Å². The van der Waals surface area contributed by atoms with E-state index in [1.54, 1.807) is 6.92 Å². The van der Waals surface area contributed by atoms with Gasteiger partial charge in [0.1, 0.15) is 0 Å². The summed E-state index contributed by atoms with van der Waals surface area (Å²) in [5.41, 5.74) is -1.40. The molecular formula is C13H21N3O5S. The third-order valence-corrected chi connectivity index (χ3v) is 6.45. The minimum absolute atomic E-state index is 0.0598. The number of ether oxygens (including phenoxy) is 1. The largest absolute Gasteiger partial charge is 0.383 e. The van der Waals surface area contributed by atoms with Crippen molar-refractivity contribution in [1.82, 2.24) is 14.4 Å². The Kier molecular flexibility index (Phi) is 4.00. The van der Waals surface area contributed by atoms with E-state index in [0.717, 1.165) is 12.8 Å². The smallest absolute Gasteiger partial charge is 0.260 e. The van der Waals surface area contributed by atoms with Crippen LogP contribution in [-0.2, 0) is 20.4 Å². The molecule has 22 heavy (non-hydrogen) atoms. The van der Waals surface area contributed by atoms with E-state index in [9.17, 15) is 13.5 Å². The Morgan fingerprint density at radius 2 is 2.27 bits per heavy atom. The maximum atomic E-state index is 12.4. The lowest BCUT2D eigenvalue weighted by Gasteiger charge is -2.22. The van der Waals surface area contributed by atoms with E-state index in [2.05, 4.69) is 10.1 Å². The number of aromatic nitrogens is 2. The van der Waals surface area contributed by atoms with Crippen LogP contribution < -0.4 is 0 Å². The Bertz CT molecular complexity index is 642. The monoisotopic (exact) mass is 331 g/mol. The SMILES string of the molecule is COC[C@H](C)S(=O)(=O)N1CC[C@](O)(c2nc(C3CC3)no2)C1. The first-order chi connectivity index (χ1) is 10.4. The number of hydrogen-bond acceptors (Lipinski definition) is 7. The zero-order valence-corrected chi connectivity index (χ0v) is 13.5. The van der Waals surface area contributed by atoms with Crippen LogP contribution in [0.4, 0.5) is 0 Å². The van der Waals surface area contributed by atoms with Gasteiger partial charge in [-0.15, -0.1) is 0 Å². The maximum Gasteiger partial charge on any atom is 0.260 e. The van der Waals surface area contributed by atoms with Gasteiger partial charge in [0.2, 0.25) is 10.0 Å². The van der Waals surface area contributed by atoms with Gasteiger partial charge in [0.15, 0.2) is 11.4 Å². The number of β-amino-alcohol motifs (C(OH)–C–C–N with tert-alkyl or cyclic N) is 1. The van der Waals surface area contributed by atoms with Gasteiger partial charge in [0.25, 0.3) is 5.89 Å². The van der Waals surface area contributed by atoms with Crippen molar-refractivity contribution in [1.29, 1.82) is 0 Å². The summed E-state index contributed by atoms with van der Waals surface area (Å²) in [5, 5.41) is 13.9. The molecule has 1 saturated carbocycles. The van der Waals surface area contributed by atoms with Gasteiger partial charge in [-0.2, -0.15) is 9.29 Å². The van der Waals surface area contributed by atoms with Crippen molar-refractivity contribution in [3.63, 3.8) is 0 Å². The molecule has 0 aromatic carbocycles. The molecule has 1 N–H and O–H groups in total. The van der Waals surface area contributed by atoms with E-state index in [4.69, 9.17) is 9.26 Å². The molecule has 124 valence electrons. The van der Waals surface area contributed by atoms with Crippen molar-refractivity contribution >= 4 is 10.0 Å². The maximum absolute atomic E-state index is 12.4. The lowest BCUT2D eigenvalue weighted by atomic mass is 10.0. The summed E-state index contributed by atoms with van der Waals surface area (Å²) >= 11 is 0. The first-order valence-electron chi connectivity index (χ1n) is 7.41. The number of aliphatic hydroxyl groups is 1. The predicted molar refractivity (Wildman–Crippen MR) is 76.6 cm³/mol. The van der Waals surface area contributed by atoms with Crippen LogP contribution in [0.5, 0.6) is 0 Å². The van der Waals surface area contributed by atoms with E-state index >= 15 is 0 Å². The molecule has 0 radical (unpaired) electrons. The molecule has 1 saturated heterocycles. The van der Waals surface area contributed by atoms with E-state index in [-0.39, 0.29) is 32.0 Å². The average Bonchev–Trinajstić information content (AvgIpc) is 3.04. The van der Waals surface area contributed by atoms with Crippen molar-refractivity contribution in [2.24, 2.45) is 0 Å². The highest BCUT2D eigenvalue weighted by molar-refractivity contribution is 7.89. The highest BCUT2D eigenvalue weighted by Gasteiger charge is 2.48. The molecule has 2 fully saturated rings. The summed E-state index contributed by atoms with van der Waals surface area (Å²) in [6.07, 6.45) is 2.32. The van der Waals surface area contributed by atoms with Gasteiger partial charge < -0.3 is 14.4 Å². The molecule has 2 atom stereocenters. The zero-order valence-electron chi connectivity index (χ0n) is 12.7. The number of hydrogen-bond donors (Lipinski definition) is 1. The molecule has 2 heterocycles. The molecule has 0 unspecified atom stereocenters. The van der Waals surface area contributed by atoms with Crippen LogP contribution in [0, 0.1) is 0 Å². The topological polar surface area (TPSA) is 106 Å². The number of nitrogens with zero attached hydrogens (tertiary/aromatic N) is 3. The Labute approximate surface area is 129 Å². The Morgan fingerprint density at radius 1 is 1.55 bits per heavy atom. The highest BCUT2D eigenvalue weighted by atomic mass is 32.2. The molecule has 0 amide bonds. The van der Waals surface area contributed by atoms with Crippen molar-refractivity contribution in [2.45, 2.75) is 43.0 Å². The first-order valence-corrected chi connectivity index (χ1v) is 8.91. The zero-order chi connectivity index (χ0) is 16.0. The molecule has 1 aliphatic carbocycles. The molecule has 0 spiro atoms. The lowest BCUT2D eigenvalue weighted by molar-refractivity contribution is 0.0193. The predicted octanol–water partition coefficient (Wildman–Crippen LogP) is 0.205. The second-order valence-electron chi connectivity index (χ2n) is 6.16. The van der Waals surface area contributed by atoms with Crippen molar-refractivity contribution in [3.05, 3.63) is 11.7 Å². The molecule has 8 nitrogen and oxygen atoms in total. The van der Waals surface area contributed by atoms with Crippen molar-refractivity contribution in [2.75, 3.05) is 26.8 Å². The fourth-order valence-corrected chi connectivity index (χ4v) is 4.21. The van der Waals surface area contributed by atoms with Crippen molar-refractivity contribution < 1.29 is 22.8 Å². The van der Waals surface area contributed by atoms with Crippen LogP contribution in [0.3, 0.4) is 0 Å². The van der Waals surface area contributed by atoms with Crippen LogP contribution in [0.25, 0.3) is 0 Å². The lowest BCUT2D eigenvalue weighted by Crippen LogP contribution is -2.40. The van der Waals surface area contributed by atoms with Crippen LogP contribution in [0.15, 0.2) is 4.52 Å². The average molecular weight is 331 g/mol. The second kappa shape index (κ2) is 5.55. The molecule has 1 aromatic rings. The summed E-state index contributed by atoms with van der Waals surface area (Å²) < 4.78 is 36.2. The normalized spacial score (nSPS) is 28.1. The molecule has 3 rings (SSSR count). The molecule has 1 aliphatic heterocycles. The van der Waals surface area contributed by atoms with Crippen LogP contribution in [0.1, 0.15) is 43.8 Å². The Morgan fingerprint density at radius 3 is 2.91 bits per heavy atom. The Hall–Kier alpha value is -1.03. The highest BCUT2D eigenvalue weighted by Crippen LogP contribution is 2.40. The van der Waals surface area contributed by atoms with E-state index < -0.39 is 20.9 Å². The van der Waals surface area contributed by atoms with E-state index in [1.165, 1.54) is 11.4 Å². The quantitative estimate of drug-likeness (QED) is 0.794. The summed E-state index contributed by atoms with van der Waals surface area (Å²) in [6.45, 7) is 1.88. The minimum Gasteiger partial charge on any atom is -0.383 e. The number of methoxy groups -OCH3 is 1. The standard InChI is InChI=1S/C13H21N3O5S/c1-9(7-20-2)22(18,19)16-6-5-13(17,8-16)12-14-11(15-21-12)10-3-4-10/h9-10,17H,3-8H2,1-2H3/t9-,13+/m0/s1. The third-order valence-electron chi connectivity index (χ3n) is 4.26. The van der Waals surface area contributed by atoms with Crippen LogP contribution in [0.2, 0.25) is 0 Å². The van der Waals surface area contributed by atoms with E-state index in [1.807, 2.05) is 0 Å². The summed E-state index contributed by atoms with van der Waals surface area (Å²) in [5.74, 6) is 1.05. The van der Waals surface area contributed by atoms with Gasteiger partial charge in [0.05, 0.1) is 18.4 Å². The summed E-state index contributed by atoms with van der Waals surface area (Å²) in [7, 11) is -2.06. The van der Waals surface area contributed by atoms with Gasteiger partial charge in [-0.05, 0) is 19.8 Å². The molecular weight excluding hydrogens is 310 g/mol. The van der Waals surface area contributed by atoms with E-state index in [0.29, 0.717) is 11.7 Å². The third kappa shape index (κ3) is 2.78. The minimum atomic E-state index is -3.52. The van der Waals surface area contributed by atoms with Crippen LogP contribution >= 0.6 is 0 Å². The molecule has 9 heteroatoms. The number of rotatable bonds is 6. The van der Waals surface area contributed by atoms with Gasteiger partial charge in [-0.3, -0.25) is 0 Å². The number of sulfonamides is 1. The van der Waals surface area contributed by atoms with Gasteiger partial charge in [0, 0.05) is 26.0 Å². The first kappa shape index (κ1) is 15.9. The second-order valence-corrected chi connectivity index (χ2v) is 8.51. The van der Waals surface area contributed by atoms with Gasteiger partial charge in [-0.25, -0.2) is 8.42 Å². The van der Waals surface area contributed by atoms with Gasteiger partial charge in [-0.1, -0.05) is 5.16 Å². The Balaban J connectivity index is 1.74. The van der Waals surface area contributed by atoms with Gasteiger partial charge >= 0.3 is 0 Å².